The van der Waals surface area contributed by atoms with Gasteiger partial charge in [0, 0.05) is 17.5 Å². The third-order valence-electron chi connectivity index (χ3n) is 3.33. The lowest BCUT2D eigenvalue weighted by Gasteiger charge is -2.24. The highest BCUT2D eigenvalue weighted by Crippen LogP contribution is 2.27. The van der Waals surface area contributed by atoms with E-state index in [0.29, 0.717) is 12.2 Å². The summed E-state index contributed by atoms with van der Waals surface area (Å²) in [6.07, 6.45) is 2.04. The number of rotatable bonds is 4. The van der Waals surface area contributed by atoms with Crippen molar-refractivity contribution in [3.05, 3.63) is 24.0 Å². The lowest BCUT2D eigenvalue weighted by Crippen LogP contribution is -2.39. The van der Waals surface area contributed by atoms with Crippen LogP contribution in [0.15, 0.2) is 18.3 Å². The number of aliphatic carboxylic acids is 1. The molecule has 0 bridgehead atoms. The number of carboxylic acid groups (broad SMARTS) is 1. The molecule has 0 radical (unpaired) electrons. The molecule has 100 valence electrons. The predicted octanol–water partition coefficient (Wildman–Crippen LogP) is 1.25. The molecule has 2 rings (SSSR count). The molecule has 0 aliphatic rings. The molecule has 7 nitrogen and oxygen atoms in total. The van der Waals surface area contributed by atoms with Gasteiger partial charge in [0.1, 0.15) is 0 Å². The summed E-state index contributed by atoms with van der Waals surface area (Å²) >= 11 is 0. The molecule has 2 heterocycles. The molecule has 2 aromatic heterocycles. The minimum Gasteiger partial charge on any atom is -0.479 e. The fraction of sp³-hybridized carbons (Fsp3) is 0.417. The number of carbonyl (C=O) groups is 1. The third kappa shape index (κ3) is 2.07. The molecule has 0 aliphatic heterocycles. The predicted molar refractivity (Wildman–Crippen MR) is 67.4 cm³/mol. The van der Waals surface area contributed by atoms with Crippen LogP contribution < -0.4 is 0 Å². The van der Waals surface area contributed by atoms with Gasteiger partial charge in [-0.25, -0.2) is 9.48 Å². The van der Waals surface area contributed by atoms with E-state index in [1.54, 1.807) is 26.1 Å². The van der Waals surface area contributed by atoms with Crippen LogP contribution in [0.1, 0.15) is 26.0 Å². The maximum atomic E-state index is 11.5. The van der Waals surface area contributed by atoms with E-state index in [1.807, 2.05) is 13.0 Å². The Bertz CT molecular complexity index is 610. The van der Waals surface area contributed by atoms with E-state index >= 15 is 0 Å². The summed E-state index contributed by atoms with van der Waals surface area (Å²) in [5.74, 6) is -0.553. The Hall–Kier alpha value is -2.31. The van der Waals surface area contributed by atoms with Gasteiger partial charge >= 0.3 is 5.97 Å². The van der Waals surface area contributed by atoms with Crippen LogP contribution in [0.3, 0.4) is 0 Å². The molecule has 0 aliphatic carbocycles. The largest absolute Gasteiger partial charge is 0.479 e. The highest BCUT2D eigenvalue weighted by Gasteiger charge is 2.37. The van der Waals surface area contributed by atoms with Crippen molar-refractivity contribution in [2.45, 2.75) is 32.7 Å². The fourth-order valence-corrected chi connectivity index (χ4v) is 1.80. The standard InChI is InChI=1S/C12H15N5O2/c1-4-12(3,11(18)19)17-10(14-15-16-17)9-6-5-7-13-8(9)2/h5-7H,4H2,1-3H3,(H,18,19). The van der Waals surface area contributed by atoms with E-state index in [2.05, 4.69) is 20.5 Å². The first-order chi connectivity index (χ1) is 9.00. The molecular formula is C12H15N5O2. The molecular weight excluding hydrogens is 246 g/mol. The number of hydrogen-bond donors (Lipinski definition) is 1. The van der Waals surface area contributed by atoms with Crippen LogP contribution in [0, 0.1) is 6.92 Å². The zero-order chi connectivity index (χ0) is 14.0. The normalized spacial score (nSPS) is 14.1. The van der Waals surface area contributed by atoms with Gasteiger partial charge < -0.3 is 5.11 Å². The van der Waals surface area contributed by atoms with Gasteiger partial charge in [0.05, 0.1) is 0 Å². The number of hydrogen-bond acceptors (Lipinski definition) is 5. The molecule has 0 saturated heterocycles. The Morgan fingerprint density at radius 2 is 2.26 bits per heavy atom. The Kier molecular flexibility index (Phi) is 3.28. The minimum absolute atomic E-state index is 0.375. The smallest absolute Gasteiger partial charge is 0.331 e. The van der Waals surface area contributed by atoms with Gasteiger partial charge in [-0.15, -0.1) is 5.10 Å². The Morgan fingerprint density at radius 1 is 1.53 bits per heavy atom. The second-order valence-electron chi connectivity index (χ2n) is 4.48. The average molecular weight is 261 g/mol. The van der Waals surface area contributed by atoms with E-state index in [-0.39, 0.29) is 0 Å². The third-order valence-corrected chi connectivity index (χ3v) is 3.33. The highest BCUT2D eigenvalue weighted by atomic mass is 16.4. The zero-order valence-electron chi connectivity index (χ0n) is 11.0. The average Bonchev–Trinajstić information content (AvgIpc) is 2.87. The lowest BCUT2D eigenvalue weighted by molar-refractivity contribution is -0.147. The van der Waals surface area contributed by atoms with Crippen LogP contribution in [-0.4, -0.2) is 36.3 Å². The molecule has 1 unspecified atom stereocenters. The summed E-state index contributed by atoms with van der Waals surface area (Å²) in [5.41, 5.74) is 0.303. The van der Waals surface area contributed by atoms with E-state index in [4.69, 9.17) is 0 Å². The van der Waals surface area contributed by atoms with Crippen LogP contribution in [0.2, 0.25) is 0 Å². The van der Waals surface area contributed by atoms with Crippen molar-refractivity contribution in [2.24, 2.45) is 0 Å². The Labute approximate surface area is 110 Å². The van der Waals surface area contributed by atoms with Gasteiger partial charge in [-0.2, -0.15) is 0 Å². The van der Waals surface area contributed by atoms with Gasteiger partial charge in [-0.05, 0) is 42.8 Å². The SMILES string of the molecule is CCC(C)(C(=O)O)n1nnnc1-c1cccnc1C. The fourth-order valence-electron chi connectivity index (χ4n) is 1.80. The second kappa shape index (κ2) is 4.75. The zero-order valence-corrected chi connectivity index (χ0v) is 11.0. The molecule has 7 heteroatoms. The van der Waals surface area contributed by atoms with Crippen LogP contribution in [-0.2, 0) is 10.3 Å². The molecule has 19 heavy (non-hydrogen) atoms. The maximum Gasteiger partial charge on any atom is 0.331 e. The van der Waals surface area contributed by atoms with Gasteiger partial charge in [0.25, 0.3) is 0 Å². The maximum absolute atomic E-state index is 11.5. The molecule has 0 saturated carbocycles. The minimum atomic E-state index is -1.18. The molecule has 1 N–H and O–H groups in total. The van der Waals surface area contributed by atoms with Crippen molar-refractivity contribution in [1.29, 1.82) is 0 Å². The highest BCUT2D eigenvalue weighted by molar-refractivity contribution is 5.77. The lowest BCUT2D eigenvalue weighted by atomic mass is 9.99. The number of aryl methyl sites for hydroxylation is 1. The Morgan fingerprint density at radius 3 is 2.84 bits per heavy atom. The number of aromatic nitrogens is 5. The van der Waals surface area contributed by atoms with Crippen LogP contribution in [0.4, 0.5) is 0 Å². The van der Waals surface area contributed by atoms with Crippen LogP contribution >= 0.6 is 0 Å². The summed E-state index contributed by atoms with van der Waals surface area (Å²) in [4.78, 5) is 15.7. The molecule has 0 aromatic carbocycles. The van der Waals surface area contributed by atoms with Crippen molar-refractivity contribution >= 4 is 5.97 Å². The van der Waals surface area contributed by atoms with E-state index < -0.39 is 11.5 Å². The van der Waals surface area contributed by atoms with Crippen molar-refractivity contribution in [1.82, 2.24) is 25.2 Å². The van der Waals surface area contributed by atoms with E-state index in [0.717, 1.165) is 11.3 Å². The van der Waals surface area contributed by atoms with Crippen LogP contribution in [0.25, 0.3) is 11.4 Å². The summed E-state index contributed by atoms with van der Waals surface area (Å²) < 4.78 is 1.35. The first-order valence-electron chi connectivity index (χ1n) is 5.95. The first kappa shape index (κ1) is 13.1. The van der Waals surface area contributed by atoms with E-state index in [9.17, 15) is 9.90 Å². The van der Waals surface area contributed by atoms with Crippen molar-refractivity contribution < 1.29 is 9.90 Å². The first-order valence-corrected chi connectivity index (χ1v) is 5.95. The van der Waals surface area contributed by atoms with Gasteiger partial charge in [-0.1, -0.05) is 6.92 Å². The molecule has 0 amide bonds. The molecule has 2 aromatic rings. The Balaban J connectivity index is 2.61. The van der Waals surface area contributed by atoms with Crippen molar-refractivity contribution in [3.63, 3.8) is 0 Å². The summed E-state index contributed by atoms with van der Waals surface area (Å²) in [6, 6.07) is 3.59. The van der Waals surface area contributed by atoms with Gasteiger partial charge in [0.15, 0.2) is 11.4 Å². The number of carboxylic acids is 1. The monoisotopic (exact) mass is 261 g/mol. The quantitative estimate of drug-likeness (QED) is 0.890. The summed E-state index contributed by atoms with van der Waals surface area (Å²) in [5, 5.41) is 20.8. The molecule has 0 spiro atoms. The molecule has 1 atom stereocenters. The molecule has 0 fully saturated rings. The van der Waals surface area contributed by atoms with Crippen molar-refractivity contribution in [3.8, 4) is 11.4 Å². The number of tetrazole rings is 1. The number of pyridine rings is 1. The van der Waals surface area contributed by atoms with Crippen molar-refractivity contribution in [2.75, 3.05) is 0 Å². The van der Waals surface area contributed by atoms with Gasteiger partial charge in [0.2, 0.25) is 0 Å². The second-order valence-corrected chi connectivity index (χ2v) is 4.48. The van der Waals surface area contributed by atoms with Crippen LogP contribution in [0.5, 0.6) is 0 Å². The van der Waals surface area contributed by atoms with Gasteiger partial charge in [-0.3, -0.25) is 4.98 Å². The number of nitrogens with zero attached hydrogens (tertiary/aromatic N) is 5. The topological polar surface area (TPSA) is 93.8 Å². The summed E-state index contributed by atoms with van der Waals surface area (Å²) in [6.45, 7) is 5.22. The summed E-state index contributed by atoms with van der Waals surface area (Å²) in [7, 11) is 0. The van der Waals surface area contributed by atoms with E-state index in [1.165, 1.54) is 4.68 Å².